The minimum atomic E-state index is -0.328. The van der Waals surface area contributed by atoms with Gasteiger partial charge in [0.05, 0.1) is 4.47 Å². The lowest BCUT2D eigenvalue weighted by atomic mass is 10.3. The average molecular weight is 274 g/mol. The molecule has 0 spiro atoms. The molecule has 3 nitrogen and oxygen atoms in total. The third-order valence-corrected chi connectivity index (χ3v) is 2.73. The van der Waals surface area contributed by atoms with E-state index in [-0.39, 0.29) is 5.82 Å². The van der Waals surface area contributed by atoms with Gasteiger partial charge in [-0.1, -0.05) is 11.3 Å². The molecule has 1 aromatic rings. The van der Waals surface area contributed by atoms with E-state index < -0.39 is 0 Å². The predicted octanol–water partition coefficient (Wildman–Crippen LogP) is 3.93. The fraction of sp³-hybridized carbons (Fsp3) is 0.400. The predicted molar refractivity (Wildman–Crippen MR) is 61.5 cm³/mol. The number of hydrogen-bond acceptors (Lipinski definition) is 2. The molecule has 0 aliphatic heterocycles. The Morgan fingerprint density at radius 2 is 2.00 bits per heavy atom. The van der Waals surface area contributed by atoms with Crippen LogP contribution in [0.5, 0.6) is 0 Å². The second-order valence-electron chi connectivity index (χ2n) is 2.90. The molecule has 15 heavy (non-hydrogen) atoms. The van der Waals surface area contributed by atoms with Gasteiger partial charge in [-0.05, 0) is 41.9 Å². The molecule has 0 aliphatic carbocycles. The average Bonchev–Trinajstić information content (AvgIpc) is 2.25. The zero-order chi connectivity index (χ0) is 11.3. The Bertz CT molecular complexity index is 351. The summed E-state index contributed by atoms with van der Waals surface area (Å²) in [4.78, 5) is 0. The van der Waals surface area contributed by atoms with E-state index in [9.17, 15) is 4.39 Å². The number of halogens is 2. The first kappa shape index (κ1) is 12.1. The van der Waals surface area contributed by atoms with Crippen LogP contribution in [-0.2, 0) is 0 Å². The van der Waals surface area contributed by atoms with E-state index in [2.05, 4.69) is 26.3 Å². The first-order valence-electron chi connectivity index (χ1n) is 4.79. The van der Waals surface area contributed by atoms with E-state index in [0.29, 0.717) is 10.2 Å². The molecule has 0 fully saturated rings. The van der Waals surface area contributed by atoms with Crippen LogP contribution in [0, 0.1) is 5.82 Å². The largest absolute Gasteiger partial charge is 0.279 e. The molecule has 0 unspecified atom stereocenters. The second-order valence-corrected chi connectivity index (χ2v) is 3.69. The highest BCUT2D eigenvalue weighted by Crippen LogP contribution is 2.27. The lowest BCUT2D eigenvalue weighted by molar-refractivity contribution is 0.300. The molecule has 0 aromatic heterocycles. The van der Waals surface area contributed by atoms with Gasteiger partial charge in [0.25, 0.3) is 0 Å². The van der Waals surface area contributed by atoms with Gasteiger partial charge < -0.3 is 0 Å². The van der Waals surface area contributed by atoms with E-state index >= 15 is 0 Å². The summed E-state index contributed by atoms with van der Waals surface area (Å²) in [5, 5.41) is 9.76. The zero-order valence-electron chi connectivity index (χ0n) is 8.74. The SMILES string of the molecule is CCN(CC)/N=N\c1cccc(F)c1Br. The molecule has 5 heteroatoms. The maximum atomic E-state index is 13.1. The minimum absolute atomic E-state index is 0.328. The number of rotatable bonds is 4. The number of benzene rings is 1. The first-order valence-corrected chi connectivity index (χ1v) is 5.59. The van der Waals surface area contributed by atoms with Crippen LogP contribution in [0.15, 0.2) is 33.0 Å². The normalized spacial score (nSPS) is 10.9. The highest BCUT2D eigenvalue weighted by molar-refractivity contribution is 9.10. The van der Waals surface area contributed by atoms with Crippen LogP contribution in [0.1, 0.15) is 13.8 Å². The number of nitrogens with zero attached hydrogens (tertiary/aromatic N) is 3. The van der Waals surface area contributed by atoms with Crippen LogP contribution >= 0.6 is 15.9 Å². The Kier molecular flexibility index (Phi) is 4.68. The highest BCUT2D eigenvalue weighted by Gasteiger charge is 2.03. The van der Waals surface area contributed by atoms with Crippen molar-refractivity contribution in [1.29, 1.82) is 0 Å². The number of hydrogen-bond donors (Lipinski definition) is 0. The molecule has 0 atom stereocenters. The third kappa shape index (κ3) is 3.27. The van der Waals surface area contributed by atoms with Gasteiger partial charge in [0.2, 0.25) is 0 Å². The molecule has 0 aliphatic rings. The summed E-state index contributed by atoms with van der Waals surface area (Å²) in [6.07, 6.45) is 0. The van der Waals surface area contributed by atoms with Crippen LogP contribution < -0.4 is 0 Å². The van der Waals surface area contributed by atoms with E-state index in [1.807, 2.05) is 13.8 Å². The molecular formula is C10H13BrFN3. The van der Waals surface area contributed by atoms with E-state index in [0.717, 1.165) is 13.1 Å². The van der Waals surface area contributed by atoms with Gasteiger partial charge in [0.1, 0.15) is 11.5 Å². The van der Waals surface area contributed by atoms with Crippen molar-refractivity contribution in [2.24, 2.45) is 10.3 Å². The summed E-state index contributed by atoms with van der Waals surface area (Å²) in [5.74, 6) is -0.328. The summed E-state index contributed by atoms with van der Waals surface area (Å²) < 4.78 is 13.5. The van der Waals surface area contributed by atoms with Gasteiger partial charge in [-0.15, -0.1) is 5.11 Å². The van der Waals surface area contributed by atoms with Crippen molar-refractivity contribution in [2.75, 3.05) is 13.1 Å². The molecule has 0 saturated carbocycles. The molecule has 0 saturated heterocycles. The summed E-state index contributed by atoms with van der Waals surface area (Å²) in [6.45, 7) is 5.55. The molecule has 1 rings (SSSR count). The van der Waals surface area contributed by atoms with Crippen LogP contribution in [0.3, 0.4) is 0 Å². The summed E-state index contributed by atoms with van der Waals surface area (Å²) in [7, 11) is 0. The Morgan fingerprint density at radius 3 is 2.60 bits per heavy atom. The van der Waals surface area contributed by atoms with Crippen LogP contribution in [0.25, 0.3) is 0 Å². The first-order chi connectivity index (χ1) is 7.19. The van der Waals surface area contributed by atoms with Crippen molar-refractivity contribution in [3.05, 3.63) is 28.5 Å². The molecule has 0 N–H and O–H groups in total. The molecule has 0 radical (unpaired) electrons. The molecule has 82 valence electrons. The lowest BCUT2D eigenvalue weighted by Gasteiger charge is -2.11. The molecular weight excluding hydrogens is 261 g/mol. The Labute approximate surface area is 97.1 Å². The summed E-state index contributed by atoms with van der Waals surface area (Å²) in [6, 6.07) is 4.69. The maximum Gasteiger partial charge on any atom is 0.139 e. The Balaban J connectivity index is 2.84. The van der Waals surface area contributed by atoms with Gasteiger partial charge in [0, 0.05) is 13.1 Å². The summed E-state index contributed by atoms with van der Waals surface area (Å²) >= 11 is 3.13. The van der Waals surface area contributed by atoms with Crippen LogP contribution in [0.4, 0.5) is 10.1 Å². The molecule has 0 bridgehead atoms. The van der Waals surface area contributed by atoms with Gasteiger partial charge in [-0.25, -0.2) is 4.39 Å². The third-order valence-electron chi connectivity index (χ3n) is 1.94. The van der Waals surface area contributed by atoms with Crippen molar-refractivity contribution in [3.8, 4) is 0 Å². The van der Waals surface area contributed by atoms with E-state index in [1.165, 1.54) is 6.07 Å². The van der Waals surface area contributed by atoms with E-state index in [4.69, 9.17) is 0 Å². The summed E-state index contributed by atoms with van der Waals surface area (Å²) in [5.41, 5.74) is 0.502. The standard InChI is InChI=1S/C10H13BrFN3/c1-3-15(4-2)14-13-9-7-5-6-8(12)10(9)11/h5-7H,3-4H2,1-2H3/b14-13-. The molecule has 0 amide bonds. The van der Waals surface area contributed by atoms with Crippen LogP contribution in [0.2, 0.25) is 0 Å². The smallest absolute Gasteiger partial charge is 0.139 e. The van der Waals surface area contributed by atoms with Crippen molar-refractivity contribution in [2.45, 2.75) is 13.8 Å². The zero-order valence-corrected chi connectivity index (χ0v) is 10.3. The minimum Gasteiger partial charge on any atom is -0.279 e. The maximum absolute atomic E-state index is 13.1. The Hall–Kier alpha value is -0.970. The lowest BCUT2D eigenvalue weighted by Crippen LogP contribution is -2.14. The molecule has 0 heterocycles. The fourth-order valence-corrected chi connectivity index (χ4v) is 1.37. The van der Waals surface area contributed by atoms with Crippen molar-refractivity contribution in [3.63, 3.8) is 0 Å². The van der Waals surface area contributed by atoms with E-state index in [1.54, 1.807) is 17.1 Å². The van der Waals surface area contributed by atoms with Gasteiger partial charge in [-0.3, -0.25) is 5.01 Å². The van der Waals surface area contributed by atoms with Crippen molar-refractivity contribution in [1.82, 2.24) is 5.01 Å². The topological polar surface area (TPSA) is 28.0 Å². The molecule has 1 aromatic carbocycles. The van der Waals surface area contributed by atoms with Gasteiger partial charge in [0.15, 0.2) is 0 Å². The fourth-order valence-electron chi connectivity index (χ4n) is 1.03. The van der Waals surface area contributed by atoms with Crippen molar-refractivity contribution < 1.29 is 4.39 Å². The van der Waals surface area contributed by atoms with Gasteiger partial charge >= 0.3 is 0 Å². The quantitative estimate of drug-likeness (QED) is 0.604. The highest BCUT2D eigenvalue weighted by atomic mass is 79.9. The van der Waals surface area contributed by atoms with Crippen LogP contribution in [-0.4, -0.2) is 18.1 Å². The Morgan fingerprint density at radius 1 is 1.33 bits per heavy atom. The van der Waals surface area contributed by atoms with Gasteiger partial charge in [-0.2, -0.15) is 0 Å². The van der Waals surface area contributed by atoms with Crippen molar-refractivity contribution >= 4 is 21.6 Å². The monoisotopic (exact) mass is 273 g/mol. The second kappa shape index (κ2) is 5.80.